The molecule has 2 fully saturated rings. The molecule has 100 valence electrons. The van der Waals surface area contributed by atoms with Crippen molar-refractivity contribution in [1.29, 1.82) is 0 Å². The SMILES string of the molecule is CC1CCCC(OC2CC(C)CCC2CN)C1. The molecule has 2 aliphatic rings. The van der Waals surface area contributed by atoms with Gasteiger partial charge in [0.1, 0.15) is 0 Å². The van der Waals surface area contributed by atoms with Gasteiger partial charge in [-0.05, 0) is 50.0 Å². The first-order chi connectivity index (χ1) is 8.19. The summed E-state index contributed by atoms with van der Waals surface area (Å²) < 4.78 is 6.40. The maximum Gasteiger partial charge on any atom is 0.0621 e. The van der Waals surface area contributed by atoms with Gasteiger partial charge in [-0.25, -0.2) is 0 Å². The Morgan fingerprint density at radius 1 is 1.00 bits per heavy atom. The van der Waals surface area contributed by atoms with Crippen molar-refractivity contribution in [3.05, 3.63) is 0 Å². The van der Waals surface area contributed by atoms with Crippen molar-refractivity contribution in [2.24, 2.45) is 23.5 Å². The third-order valence-corrected chi connectivity index (χ3v) is 4.75. The van der Waals surface area contributed by atoms with Crippen molar-refractivity contribution >= 4 is 0 Å². The van der Waals surface area contributed by atoms with Crippen LogP contribution >= 0.6 is 0 Å². The zero-order chi connectivity index (χ0) is 12.3. The molecule has 2 N–H and O–H groups in total. The first-order valence-corrected chi connectivity index (χ1v) is 7.54. The average molecular weight is 239 g/mol. The van der Waals surface area contributed by atoms with Crippen LogP contribution in [0.4, 0.5) is 0 Å². The molecule has 0 amide bonds. The molecule has 0 aliphatic heterocycles. The molecular formula is C15H29NO. The molecule has 2 saturated carbocycles. The predicted octanol–water partition coefficient (Wildman–Crippen LogP) is 3.35. The number of nitrogens with two attached hydrogens (primary N) is 1. The summed E-state index contributed by atoms with van der Waals surface area (Å²) in [5.41, 5.74) is 5.89. The lowest BCUT2D eigenvalue weighted by atomic mass is 9.80. The van der Waals surface area contributed by atoms with Gasteiger partial charge in [0.05, 0.1) is 12.2 Å². The Hall–Kier alpha value is -0.0800. The van der Waals surface area contributed by atoms with E-state index in [9.17, 15) is 0 Å². The lowest BCUT2D eigenvalue weighted by molar-refractivity contribution is -0.0844. The van der Waals surface area contributed by atoms with E-state index in [-0.39, 0.29) is 0 Å². The lowest BCUT2D eigenvalue weighted by Crippen LogP contribution is -2.39. The van der Waals surface area contributed by atoms with Crippen LogP contribution in [0.3, 0.4) is 0 Å². The molecule has 0 saturated heterocycles. The van der Waals surface area contributed by atoms with Crippen molar-refractivity contribution in [2.75, 3.05) is 6.54 Å². The molecule has 0 radical (unpaired) electrons. The zero-order valence-corrected chi connectivity index (χ0v) is 11.5. The van der Waals surface area contributed by atoms with E-state index in [1.807, 2.05) is 0 Å². The minimum Gasteiger partial charge on any atom is -0.375 e. The van der Waals surface area contributed by atoms with Gasteiger partial charge in [-0.15, -0.1) is 0 Å². The van der Waals surface area contributed by atoms with Gasteiger partial charge in [0.2, 0.25) is 0 Å². The van der Waals surface area contributed by atoms with Gasteiger partial charge >= 0.3 is 0 Å². The van der Waals surface area contributed by atoms with Crippen molar-refractivity contribution in [2.45, 2.75) is 71.0 Å². The first kappa shape index (κ1) is 13.4. The highest BCUT2D eigenvalue weighted by molar-refractivity contribution is 4.82. The van der Waals surface area contributed by atoms with Gasteiger partial charge in [0, 0.05) is 0 Å². The molecule has 5 unspecified atom stereocenters. The number of hydrogen-bond acceptors (Lipinski definition) is 2. The maximum atomic E-state index is 6.40. The minimum absolute atomic E-state index is 0.444. The molecule has 2 heteroatoms. The molecule has 2 aliphatic carbocycles. The van der Waals surface area contributed by atoms with Gasteiger partial charge in [0.15, 0.2) is 0 Å². The fourth-order valence-corrected chi connectivity index (χ4v) is 3.58. The van der Waals surface area contributed by atoms with Crippen LogP contribution < -0.4 is 5.73 Å². The fourth-order valence-electron chi connectivity index (χ4n) is 3.58. The van der Waals surface area contributed by atoms with Gasteiger partial charge in [-0.1, -0.05) is 33.1 Å². The standard InChI is InChI=1S/C15H29NO/c1-11-4-3-5-14(8-11)17-15-9-12(2)6-7-13(15)10-16/h11-15H,3-10,16H2,1-2H3. The third kappa shape index (κ3) is 3.69. The van der Waals surface area contributed by atoms with Crippen LogP contribution in [0.5, 0.6) is 0 Å². The summed E-state index contributed by atoms with van der Waals surface area (Å²) >= 11 is 0. The van der Waals surface area contributed by atoms with E-state index in [1.165, 1.54) is 44.9 Å². The summed E-state index contributed by atoms with van der Waals surface area (Å²) in [7, 11) is 0. The van der Waals surface area contributed by atoms with Crippen LogP contribution in [-0.2, 0) is 4.74 Å². The summed E-state index contributed by atoms with van der Waals surface area (Å²) in [6.45, 7) is 5.52. The van der Waals surface area contributed by atoms with E-state index in [2.05, 4.69) is 13.8 Å². The average Bonchev–Trinajstić information content (AvgIpc) is 2.29. The molecule has 0 aromatic rings. The van der Waals surface area contributed by atoms with Crippen LogP contribution in [0.25, 0.3) is 0 Å². The second kappa shape index (κ2) is 6.19. The summed E-state index contributed by atoms with van der Waals surface area (Å²) in [6, 6.07) is 0. The van der Waals surface area contributed by atoms with Crippen molar-refractivity contribution in [3.63, 3.8) is 0 Å². The normalized spacial score (nSPS) is 43.6. The highest BCUT2D eigenvalue weighted by atomic mass is 16.5. The van der Waals surface area contributed by atoms with Gasteiger partial charge in [-0.2, -0.15) is 0 Å². The van der Waals surface area contributed by atoms with E-state index in [0.29, 0.717) is 18.1 Å². The van der Waals surface area contributed by atoms with Gasteiger partial charge in [-0.3, -0.25) is 0 Å². The third-order valence-electron chi connectivity index (χ3n) is 4.75. The molecule has 2 rings (SSSR count). The Kier molecular flexibility index (Phi) is 4.87. The Labute approximate surface area is 106 Å². The monoisotopic (exact) mass is 239 g/mol. The topological polar surface area (TPSA) is 35.2 Å². The van der Waals surface area contributed by atoms with Crippen LogP contribution in [0.2, 0.25) is 0 Å². The van der Waals surface area contributed by atoms with Gasteiger partial charge < -0.3 is 10.5 Å². The van der Waals surface area contributed by atoms with Crippen LogP contribution in [0, 0.1) is 17.8 Å². The number of hydrogen-bond donors (Lipinski definition) is 1. The largest absolute Gasteiger partial charge is 0.375 e. The zero-order valence-electron chi connectivity index (χ0n) is 11.5. The van der Waals surface area contributed by atoms with Crippen molar-refractivity contribution < 1.29 is 4.74 Å². The van der Waals surface area contributed by atoms with Crippen LogP contribution in [-0.4, -0.2) is 18.8 Å². The minimum atomic E-state index is 0.444. The van der Waals surface area contributed by atoms with Crippen molar-refractivity contribution in [1.82, 2.24) is 0 Å². The Morgan fingerprint density at radius 3 is 2.47 bits per heavy atom. The van der Waals surface area contributed by atoms with Crippen LogP contribution in [0.15, 0.2) is 0 Å². The molecule has 17 heavy (non-hydrogen) atoms. The lowest BCUT2D eigenvalue weighted by Gasteiger charge is -2.38. The molecule has 0 heterocycles. The molecule has 5 atom stereocenters. The Balaban J connectivity index is 1.86. The summed E-state index contributed by atoms with van der Waals surface area (Å²) in [6.07, 6.45) is 10.1. The molecule has 0 spiro atoms. The molecule has 0 bridgehead atoms. The Bertz CT molecular complexity index is 231. The van der Waals surface area contributed by atoms with E-state index >= 15 is 0 Å². The highest BCUT2D eigenvalue weighted by Crippen LogP contribution is 2.34. The summed E-state index contributed by atoms with van der Waals surface area (Å²) in [5.74, 6) is 2.29. The molecular weight excluding hydrogens is 210 g/mol. The molecule has 2 nitrogen and oxygen atoms in total. The first-order valence-electron chi connectivity index (χ1n) is 7.54. The summed E-state index contributed by atoms with van der Waals surface area (Å²) in [5, 5.41) is 0. The maximum absolute atomic E-state index is 6.40. The number of ether oxygens (including phenoxy) is 1. The van der Waals surface area contributed by atoms with Crippen LogP contribution in [0.1, 0.15) is 58.8 Å². The molecule has 0 aromatic carbocycles. The van der Waals surface area contributed by atoms with E-state index in [4.69, 9.17) is 10.5 Å². The smallest absolute Gasteiger partial charge is 0.0621 e. The highest BCUT2D eigenvalue weighted by Gasteiger charge is 2.31. The fraction of sp³-hybridized carbons (Fsp3) is 1.00. The van der Waals surface area contributed by atoms with Gasteiger partial charge in [0.25, 0.3) is 0 Å². The van der Waals surface area contributed by atoms with Crippen molar-refractivity contribution in [3.8, 4) is 0 Å². The second-order valence-corrected chi connectivity index (χ2v) is 6.48. The Morgan fingerprint density at radius 2 is 1.76 bits per heavy atom. The second-order valence-electron chi connectivity index (χ2n) is 6.48. The van der Waals surface area contributed by atoms with E-state index in [0.717, 1.165) is 18.4 Å². The summed E-state index contributed by atoms with van der Waals surface area (Å²) in [4.78, 5) is 0. The quantitative estimate of drug-likeness (QED) is 0.819. The molecule has 0 aromatic heterocycles. The predicted molar refractivity (Wildman–Crippen MR) is 71.9 cm³/mol. The van der Waals surface area contributed by atoms with E-state index < -0.39 is 0 Å². The number of rotatable bonds is 3. The van der Waals surface area contributed by atoms with E-state index in [1.54, 1.807) is 0 Å².